The van der Waals surface area contributed by atoms with Crippen molar-refractivity contribution in [2.24, 2.45) is 5.92 Å². The summed E-state index contributed by atoms with van der Waals surface area (Å²) in [6, 6.07) is 0. The number of hydrogen-bond donors (Lipinski definition) is 1. The number of ether oxygens (including phenoxy) is 1. The van der Waals surface area contributed by atoms with Gasteiger partial charge in [0.25, 0.3) is 0 Å². The van der Waals surface area contributed by atoms with Crippen molar-refractivity contribution < 1.29 is 18.5 Å². The molecule has 0 unspecified atom stereocenters. The molecule has 0 rings (SSSR count). The van der Waals surface area contributed by atoms with Crippen LogP contribution in [-0.2, 0) is 18.5 Å². The van der Waals surface area contributed by atoms with Crippen LogP contribution < -0.4 is 0 Å². The van der Waals surface area contributed by atoms with E-state index >= 15 is 0 Å². The van der Waals surface area contributed by atoms with E-state index in [0.29, 0.717) is 11.1 Å². The molecule has 0 radical (unpaired) electrons. The molecule has 0 saturated carbocycles. The number of rotatable bonds is 18. The van der Waals surface area contributed by atoms with Gasteiger partial charge in [-0.15, -0.1) is 0 Å². The molecule has 0 aromatic rings. The number of thiol groups is 1. The van der Waals surface area contributed by atoms with E-state index in [0.717, 1.165) is 12.3 Å². The summed E-state index contributed by atoms with van der Waals surface area (Å²) >= 11 is 4.39. The Morgan fingerprint density at radius 1 is 0.857 bits per heavy atom. The highest BCUT2D eigenvalue weighted by Gasteiger charge is 2.08. The van der Waals surface area contributed by atoms with Gasteiger partial charge in [0.05, 0.1) is 12.8 Å². The van der Waals surface area contributed by atoms with E-state index in [-0.39, 0.29) is 25.4 Å². The van der Waals surface area contributed by atoms with Gasteiger partial charge in [-0.25, -0.2) is 0 Å². The van der Waals surface area contributed by atoms with E-state index < -0.39 is 5.97 Å². The van der Waals surface area contributed by atoms with E-state index in [2.05, 4.69) is 36.6 Å². The predicted molar refractivity (Wildman–Crippen MR) is 122 cm³/mol. The zero-order chi connectivity index (χ0) is 21.0. The average molecular weight is 433 g/mol. The highest BCUT2D eigenvalue weighted by atomic mass is 33.1. The van der Waals surface area contributed by atoms with E-state index in [1.165, 1.54) is 69.8 Å². The number of carbonyl (C=O) groups is 2. The molecule has 4 nitrogen and oxygen atoms in total. The maximum absolute atomic E-state index is 11.5. The summed E-state index contributed by atoms with van der Waals surface area (Å²) in [7, 11) is 0. The molecule has 164 valence electrons. The van der Waals surface area contributed by atoms with Crippen LogP contribution >= 0.6 is 22.7 Å². The Morgan fingerprint density at radius 3 is 1.96 bits per heavy atom. The molecule has 0 spiro atoms. The van der Waals surface area contributed by atoms with Crippen molar-refractivity contribution in [3.63, 3.8) is 0 Å². The summed E-state index contributed by atoms with van der Waals surface area (Å²) in [6.07, 6.45) is 16.5. The lowest BCUT2D eigenvalue weighted by molar-refractivity contribution is -0.145. The van der Waals surface area contributed by atoms with Gasteiger partial charge in [-0.05, 0) is 31.8 Å². The Hall–Kier alpha value is -0.620. The van der Waals surface area contributed by atoms with Crippen LogP contribution in [0, 0.1) is 5.92 Å². The molecular weight excluding hydrogens is 392 g/mol. The third-order valence-corrected chi connectivity index (χ3v) is 5.18. The molecule has 0 bridgehead atoms. The minimum atomic E-state index is -0.463. The summed E-state index contributed by atoms with van der Waals surface area (Å²) in [5, 5.41) is 0. The van der Waals surface area contributed by atoms with Gasteiger partial charge in [0.2, 0.25) is 0 Å². The van der Waals surface area contributed by atoms with Crippen LogP contribution in [-0.4, -0.2) is 18.5 Å². The normalized spacial score (nSPS) is 11.7. The van der Waals surface area contributed by atoms with Crippen LogP contribution in [0.3, 0.4) is 0 Å². The van der Waals surface area contributed by atoms with Crippen LogP contribution in [0.2, 0.25) is 0 Å². The number of unbranched alkanes of at least 4 members (excludes halogenated alkanes) is 8. The van der Waals surface area contributed by atoms with Gasteiger partial charge in [-0.3, -0.25) is 9.59 Å². The lowest BCUT2D eigenvalue weighted by Crippen LogP contribution is -2.08. The van der Waals surface area contributed by atoms with Crippen molar-refractivity contribution in [2.75, 3.05) is 6.61 Å². The van der Waals surface area contributed by atoms with Gasteiger partial charge < -0.3 is 8.92 Å². The third kappa shape index (κ3) is 20.1. The molecule has 0 amide bonds. The quantitative estimate of drug-likeness (QED) is 0.0618. The van der Waals surface area contributed by atoms with Gasteiger partial charge in [-0.1, -0.05) is 88.9 Å². The molecule has 0 aliphatic rings. The molecule has 0 aromatic heterocycles. The molecule has 0 aliphatic heterocycles. The zero-order valence-corrected chi connectivity index (χ0v) is 19.8. The third-order valence-electron chi connectivity index (χ3n) is 4.69. The fourth-order valence-electron chi connectivity index (χ4n) is 2.93. The van der Waals surface area contributed by atoms with Crippen molar-refractivity contribution in [3.05, 3.63) is 11.6 Å². The number of esters is 1. The van der Waals surface area contributed by atoms with Gasteiger partial charge >= 0.3 is 11.9 Å². The van der Waals surface area contributed by atoms with Crippen molar-refractivity contribution in [3.8, 4) is 0 Å². The van der Waals surface area contributed by atoms with Gasteiger partial charge in [0, 0.05) is 0 Å². The van der Waals surface area contributed by atoms with Crippen LogP contribution in [0.5, 0.6) is 0 Å². The summed E-state index contributed by atoms with van der Waals surface area (Å²) < 4.78 is 9.67. The Kier molecular flexibility index (Phi) is 19.2. The average Bonchev–Trinajstić information content (AvgIpc) is 2.64. The van der Waals surface area contributed by atoms with Crippen LogP contribution in [0.15, 0.2) is 11.6 Å². The second-order valence-electron chi connectivity index (χ2n) is 7.88. The fraction of sp³-hybridized carbons (Fsp3) is 0.818. The molecule has 0 N–H and O–H groups in total. The molecule has 0 aromatic carbocycles. The van der Waals surface area contributed by atoms with Crippen molar-refractivity contribution >= 4 is 34.7 Å². The van der Waals surface area contributed by atoms with Crippen LogP contribution in [0.25, 0.3) is 0 Å². The van der Waals surface area contributed by atoms with Crippen LogP contribution in [0.1, 0.15) is 104 Å². The van der Waals surface area contributed by atoms with Crippen molar-refractivity contribution in [2.45, 2.75) is 104 Å². The largest absolute Gasteiger partial charge is 0.461 e. The highest BCUT2D eigenvalue weighted by Crippen LogP contribution is 2.15. The first kappa shape index (κ1) is 27.4. The van der Waals surface area contributed by atoms with E-state index in [9.17, 15) is 9.59 Å². The number of carbonyl (C=O) groups excluding carboxylic acids is 2. The molecule has 0 aliphatic carbocycles. The summed E-state index contributed by atoms with van der Waals surface area (Å²) in [5.41, 5.74) is 1.25. The van der Waals surface area contributed by atoms with Crippen molar-refractivity contribution in [1.29, 1.82) is 0 Å². The molecule has 0 saturated heterocycles. The fourth-order valence-corrected chi connectivity index (χ4v) is 3.35. The lowest BCUT2D eigenvalue weighted by atomic mass is 10.0. The number of hydrogen-bond acceptors (Lipinski definition) is 6. The Balaban J connectivity index is 3.47. The summed E-state index contributed by atoms with van der Waals surface area (Å²) in [4.78, 5) is 22.6. The first-order valence-electron chi connectivity index (χ1n) is 10.8. The summed E-state index contributed by atoms with van der Waals surface area (Å²) in [5.74, 6) is 0.00168. The second kappa shape index (κ2) is 19.7. The SMILES string of the molecule is C/C(=C\COC(=O)CCC(=O)OSS)CCCCCCCCCCCC(C)C. The highest BCUT2D eigenvalue weighted by molar-refractivity contribution is 8.66. The maximum Gasteiger partial charge on any atom is 0.319 e. The Bertz CT molecular complexity index is 436. The molecule has 0 atom stereocenters. The topological polar surface area (TPSA) is 52.6 Å². The first-order valence-corrected chi connectivity index (χ1v) is 12.6. The maximum atomic E-state index is 11.5. The monoisotopic (exact) mass is 432 g/mol. The Labute approximate surface area is 181 Å². The molecular formula is C22H40O4S2. The lowest BCUT2D eigenvalue weighted by Gasteiger charge is -2.05. The molecule has 0 heterocycles. The molecule has 0 fully saturated rings. The Morgan fingerprint density at radius 2 is 1.39 bits per heavy atom. The van der Waals surface area contributed by atoms with Gasteiger partial charge in [0.1, 0.15) is 17.7 Å². The second-order valence-corrected chi connectivity index (χ2v) is 8.64. The first-order chi connectivity index (χ1) is 13.5. The zero-order valence-electron chi connectivity index (χ0n) is 18.0. The van der Waals surface area contributed by atoms with E-state index in [1.54, 1.807) is 0 Å². The standard InChI is InChI=1S/C22H40O4S2/c1-19(2)13-11-9-7-5-4-6-8-10-12-14-20(3)17-18-25-21(23)15-16-22(24)26-28-27/h17,19,27H,4-16,18H2,1-3H3/b20-17+. The minimum absolute atomic E-state index is 0.0209. The molecule has 6 heteroatoms. The van der Waals surface area contributed by atoms with Gasteiger partial charge in [0.15, 0.2) is 0 Å². The van der Waals surface area contributed by atoms with Gasteiger partial charge in [-0.2, -0.15) is 0 Å². The smallest absolute Gasteiger partial charge is 0.319 e. The van der Waals surface area contributed by atoms with E-state index in [4.69, 9.17) is 4.74 Å². The minimum Gasteiger partial charge on any atom is -0.461 e. The van der Waals surface area contributed by atoms with Crippen molar-refractivity contribution in [1.82, 2.24) is 0 Å². The predicted octanol–water partition coefficient (Wildman–Crippen LogP) is 7.24. The summed E-state index contributed by atoms with van der Waals surface area (Å²) in [6.45, 7) is 6.95. The van der Waals surface area contributed by atoms with E-state index in [1.807, 2.05) is 6.08 Å². The molecule has 28 heavy (non-hydrogen) atoms. The van der Waals surface area contributed by atoms with Crippen LogP contribution in [0.4, 0.5) is 0 Å². The number of allylic oxidation sites excluding steroid dienone is 1.